The summed E-state index contributed by atoms with van der Waals surface area (Å²) in [6.07, 6.45) is 0. The third kappa shape index (κ3) is 2.82. The minimum absolute atomic E-state index is 0.817. The fourth-order valence-electron chi connectivity index (χ4n) is 0.782. The molecule has 0 amide bonds. The van der Waals surface area contributed by atoms with E-state index in [-0.39, 0.29) is 0 Å². The molecule has 0 aromatic heterocycles. The SMILES string of the molecule is CN(C)Sc1cccc(N)c1. The van der Waals surface area contributed by atoms with Crippen LogP contribution in [0.15, 0.2) is 29.2 Å². The Morgan fingerprint density at radius 3 is 2.64 bits per heavy atom. The molecule has 3 heteroatoms. The van der Waals surface area contributed by atoms with Gasteiger partial charge in [0.1, 0.15) is 0 Å². The van der Waals surface area contributed by atoms with Gasteiger partial charge in [0.05, 0.1) is 0 Å². The summed E-state index contributed by atoms with van der Waals surface area (Å²) < 4.78 is 2.04. The van der Waals surface area contributed by atoms with Crippen LogP contribution in [0.25, 0.3) is 0 Å². The topological polar surface area (TPSA) is 29.3 Å². The van der Waals surface area contributed by atoms with Crippen molar-refractivity contribution in [1.29, 1.82) is 0 Å². The third-order valence-corrected chi connectivity index (χ3v) is 1.98. The average Bonchev–Trinajstić information content (AvgIpc) is 1.85. The summed E-state index contributed by atoms with van der Waals surface area (Å²) in [7, 11) is 4.02. The predicted molar refractivity (Wildman–Crippen MR) is 50.4 cm³/mol. The molecule has 0 saturated heterocycles. The smallest absolute Gasteiger partial charge is 0.0325 e. The maximum Gasteiger partial charge on any atom is 0.0325 e. The lowest BCUT2D eigenvalue weighted by atomic mass is 10.3. The zero-order valence-corrected chi connectivity index (χ0v) is 7.56. The maximum atomic E-state index is 5.60. The van der Waals surface area contributed by atoms with Gasteiger partial charge < -0.3 is 5.73 Å². The molecule has 0 aliphatic heterocycles. The van der Waals surface area contributed by atoms with Gasteiger partial charge in [-0.05, 0) is 44.2 Å². The summed E-state index contributed by atoms with van der Waals surface area (Å²) in [4.78, 5) is 1.18. The molecule has 0 unspecified atom stereocenters. The summed E-state index contributed by atoms with van der Waals surface area (Å²) in [5.41, 5.74) is 6.42. The lowest BCUT2D eigenvalue weighted by molar-refractivity contribution is 0.703. The second-order valence-electron chi connectivity index (χ2n) is 2.48. The number of benzene rings is 1. The van der Waals surface area contributed by atoms with Crippen LogP contribution < -0.4 is 5.73 Å². The average molecular weight is 168 g/mol. The molecular formula is C8H12N2S. The molecular weight excluding hydrogens is 156 g/mol. The van der Waals surface area contributed by atoms with E-state index in [0.717, 1.165) is 5.69 Å². The Morgan fingerprint density at radius 1 is 1.36 bits per heavy atom. The van der Waals surface area contributed by atoms with E-state index in [1.165, 1.54) is 4.90 Å². The molecule has 0 bridgehead atoms. The van der Waals surface area contributed by atoms with Gasteiger partial charge in [0.15, 0.2) is 0 Å². The van der Waals surface area contributed by atoms with Crippen molar-refractivity contribution < 1.29 is 0 Å². The van der Waals surface area contributed by atoms with Crippen molar-refractivity contribution in [1.82, 2.24) is 4.31 Å². The molecule has 0 spiro atoms. The van der Waals surface area contributed by atoms with Crippen LogP contribution in [0.2, 0.25) is 0 Å². The van der Waals surface area contributed by atoms with E-state index in [9.17, 15) is 0 Å². The largest absolute Gasteiger partial charge is 0.399 e. The molecule has 0 saturated carbocycles. The van der Waals surface area contributed by atoms with Crippen molar-refractivity contribution in [2.24, 2.45) is 0 Å². The molecule has 0 fully saturated rings. The normalized spacial score (nSPS) is 10.5. The monoisotopic (exact) mass is 168 g/mol. The fraction of sp³-hybridized carbons (Fsp3) is 0.250. The number of hydrogen-bond acceptors (Lipinski definition) is 3. The van der Waals surface area contributed by atoms with E-state index >= 15 is 0 Å². The zero-order chi connectivity index (χ0) is 8.27. The van der Waals surface area contributed by atoms with Crippen molar-refractivity contribution >= 4 is 17.6 Å². The van der Waals surface area contributed by atoms with Crippen LogP contribution in [-0.4, -0.2) is 18.4 Å². The van der Waals surface area contributed by atoms with Gasteiger partial charge in [-0.2, -0.15) is 0 Å². The Hall–Kier alpha value is -0.670. The van der Waals surface area contributed by atoms with Crippen LogP contribution in [0.1, 0.15) is 0 Å². The second kappa shape index (κ2) is 3.64. The zero-order valence-electron chi connectivity index (χ0n) is 6.74. The summed E-state index contributed by atoms with van der Waals surface area (Å²) in [6.45, 7) is 0. The van der Waals surface area contributed by atoms with E-state index < -0.39 is 0 Å². The van der Waals surface area contributed by atoms with Gasteiger partial charge in [-0.15, -0.1) is 0 Å². The number of anilines is 1. The van der Waals surface area contributed by atoms with Crippen molar-refractivity contribution in [3.05, 3.63) is 24.3 Å². The third-order valence-electron chi connectivity index (χ3n) is 1.15. The Bertz CT molecular complexity index is 235. The Balaban J connectivity index is 2.71. The van der Waals surface area contributed by atoms with Crippen molar-refractivity contribution in [3.63, 3.8) is 0 Å². The van der Waals surface area contributed by atoms with Gasteiger partial charge in [-0.25, -0.2) is 0 Å². The van der Waals surface area contributed by atoms with Crippen molar-refractivity contribution in [2.75, 3.05) is 19.8 Å². The molecule has 2 nitrogen and oxygen atoms in total. The van der Waals surface area contributed by atoms with Gasteiger partial charge >= 0.3 is 0 Å². The highest BCUT2D eigenvalue weighted by Gasteiger charge is 1.94. The molecule has 0 radical (unpaired) electrons. The van der Waals surface area contributed by atoms with Gasteiger partial charge in [-0.3, -0.25) is 4.31 Å². The molecule has 11 heavy (non-hydrogen) atoms. The number of hydrogen-bond donors (Lipinski definition) is 1. The molecule has 0 atom stereocenters. The summed E-state index contributed by atoms with van der Waals surface area (Å²) in [5, 5.41) is 0. The minimum Gasteiger partial charge on any atom is -0.399 e. The van der Waals surface area contributed by atoms with E-state index in [2.05, 4.69) is 0 Å². The summed E-state index contributed by atoms with van der Waals surface area (Å²) in [5.74, 6) is 0. The number of rotatable bonds is 2. The number of nitrogen functional groups attached to an aromatic ring is 1. The lowest BCUT2D eigenvalue weighted by Crippen LogP contribution is -1.98. The highest BCUT2D eigenvalue weighted by molar-refractivity contribution is 7.97. The maximum absolute atomic E-state index is 5.60. The first kappa shape index (κ1) is 8.43. The predicted octanol–water partition coefficient (Wildman–Crippen LogP) is 1.84. The lowest BCUT2D eigenvalue weighted by Gasteiger charge is -2.07. The Kier molecular flexibility index (Phi) is 2.79. The highest BCUT2D eigenvalue weighted by Crippen LogP contribution is 2.20. The van der Waals surface area contributed by atoms with Gasteiger partial charge in [-0.1, -0.05) is 6.07 Å². The summed E-state index contributed by atoms with van der Waals surface area (Å²) >= 11 is 1.67. The standard InChI is InChI=1S/C8H12N2S/c1-10(2)11-8-5-3-4-7(9)6-8/h3-6H,9H2,1-2H3. The summed E-state index contributed by atoms with van der Waals surface area (Å²) in [6, 6.07) is 7.85. The van der Waals surface area contributed by atoms with Crippen LogP contribution >= 0.6 is 11.9 Å². The van der Waals surface area contributed by atoms with Gasteiger partial charge in [0.2, 0.25) is 0 Å². The van der Waals surface area contributed by atoms with Crippen LogP contribution in [0, 0.1) is 0 Å². The molecule has 1 aromatic carbocycles. The van der Waals surface area contributed by atoms with Gasteiger partial charge in [0.25, 0.3) is 0 Å². The fourth-order valence-corrected chi connectivity index (χ4v) is 1.53. The minimum atomic E-state index is 0.817. The van der Waals surface area contributed by atoms with Gasteiger partial charge in [0, 0.05) is 10.6 Å². The van der Waals surface area contributed by atoms with E-state index in [0.29, 0.717) is 0 Å². The van der Waals surface area contributed by atoms with Crippen LogP contribution in [0.3, 0.4) is 0 Å². The number of nitrogens with two attached hydrogens (primary N) is 1. The molecule has 1 rings (SSSR count). The van der Waals surface area contributed by atoms with Crippen molar-refractivity contribution in [2.45, 2.75) is 4.90 Å². The quantitative estimate of drug-likeness (QED) is 0.539. The molecule has 2 N–H and O–H groups in total. The first-order valence-corrected chi connectivity index (χ1v) is 4.16. The Labute approximate surface area is 71.5 Å². The second-order valence-corrected chi connectivity index (χ2v) is 3.86. The molecule has 0 aliphatic carbocycles. The van der Waals surface area contributed by atoms with E-state index in [4.69, 9.17) is 5.73 Å². The molecule has 1 aromatic rings. The van der Waals surface area contributed by atoms with E-state index in [1.54, 1.807) is 11.9 Å². The molecule has 60 valence electrons. The first-order valence-electron chi connectivity index (χ1n) is 3.39. The molecule has 0 heterocycles. The van der Waals surface area contributed by atoms with Crippen molar-refractivity contribution in [3.8, 4) is 0 Å². The van der Waals surface area contributed by atoms with Crippen LogP contribution in [0.5, 0.6) is 0 Å². The van der Waals surface area contributed by atoms with E-state index in [1.807, 2.05) is 42.7 Å². The molecule has 0 aliphatic rings. The number of nitrogens with zero attached hydrogens (tertiary/aromatic N) is 1. The highest BCUT2D eigenvalue weighted by atomic mass is 32.2. The van der Waals surface area contributed by atoms with Crippen LogP contribution in [-0.2, 0) is 0 Å². The van der Waals surface area contributed by atoms with Crippen LogP contribution in [0.4, 0.5) is 5.69 Å². The Morgan fingerprint density at radius 2 is 2.09 bits per heavy atom. The first-order chi connectivity index (χ1) is 5.18.